The molecule has 9 nitrogen and oxygen atoms in total. The van der Waals surface area contributed by atoms with Gasteiger partial charge in [-0.15, -0.1) is 0 Å². The average molecular weight is 438 g/mol. The molecule has 2 aliphatic heterocycles. The van der Waals surface area contributed by atoms with E-state index in [1.165, 1.54) is 0 Å². The van der Waals surface area contributed by atoms with Crippen LogP contribution in [0.15, 0.2) is 10.6 Å². The molecule has 2 fully saturated rings. The number of hydrogen-bond donors (Lipinski definition) is 0. The van der Waals surface area contributed by atoms with Crippen LogP contribution in [-0.2, 0) is 30.2 Å². The van der Waals surface area contributed by atoms with Crippen molar-refractivity contribution in [1.29, 1.82) is 0 Å². The minimum atomic E-state index is -0.575. The van der Waals surface area contributed by atoms with Gasteiger partial charge in [0, 0.05) is 45.8 Å². The molecule has 0 saturated carbocycles. The van der Waals surface area contributed by atoms with Crippen LogP contribution in [0, 0.1) is 5.92 Å². The molecule has 1 unspecified atom stereocenters. The molecular formula is C22H35N3O6. The van der Waals surface area contributed by atoms with Crippen molar-refractivity contribution in [1.82, 2.24) is 10.1 Å². The molecule has 1 atom stereocenters. The largest absolute Gasteiger partial charge is 0.458 e. The molecule has 31 heavy (non-hydrogen) atoms. The van der Waals surface area contributed by atoms with Crippen LogP contribution in [0.1, 0.15) is 52.2 Å². The van der Waals surface area contributed by atoms with Gasteiger partial charge in [0.15, 0.2) is 12.1 Å². The summed E-state index contributed by atoms with van der Waals surface area (Å²) in [6, 6.07) is 1.30. The Morgan fingerprint density at radius 3 is 2.45 bits per heavy atom. The van der Waals surface area contributed by atoms with E-state index in [0.29, 0.717) is 24.6 Å². The van der Waals surface area contributed by atoms with Gasteiger partial charge < -0.3 is 28.5 Å². The molecule has 1 aromatic rings. The number of esters is 1. The van der Waals surface area contributed by atoms with Crippen molar-refractivity contribution in [3.05, 3.63) is 11.8 Å². The topological polar surface area (TPSA) is 94.3 Å². The van der Waals surface area contributed by atoms with E-state index >= 15 is 0 Å². The number of piperidine rings is 1. The van der Waals surface area contributed by atoms with Crippen molar-refractivity contribution in [2.24, 2.45) is 5.92 Å². The normalized spacial score (nSPS) is 20.5. The van der Waals surface area contributed by atoms with Gasteiger partial charge in [-0.25, -0.2) is 4.79 Å². The lowest BCUT2D eigenvalue weighted by Gasteiger charge is -2.34. The summed E-state index contributed by atoms with van der Waals surface area (Å²) in [5, 5.41) is 4.16. The van der Waals surface area contributed by atoms with E-state index < -0.39 is 11.6 Å². The van der Waals surface area contributed by atoms with Crippen molar-refractivity contribution in [3.8, 4) is 0 Å². The molecule has 0 radical (unpaired) electrons. The molecule has 1 amide bonds. The van der Waals surface area contributed by atoms with Crippen LogP contribution in [0.3, 0.4) is 0 Å². The van der Waals surface area contributed by atoms with E-state index in [9.17, 15) is 9.59 Å². The molecule has 2 saturated heterocycles. The number of ether oxygens (including phenoxy) is 3. The predicted octanol–water partition coefficient (Wildman–Crippen LogP) is 2.39. The summed E-state index contributed by atoms with van der Waals surface area (Å²) in [5.74, 6) is 1.10. The van der Waals surface area contributed by atoms with E-state index in [-0.39, 0.29) is 24.6 Å². The number of methoxy groups -OCH3 is 2. The van der Waals surface area contributed by atoms with Gasteiger partial charge in [0.25, 0.3) is 0 Å². The summed E-state index contributed by atoms with van der Waals surface area (Å²) in [5.41, 5.74) is -0.575. The smallest absolute Gasteiger partial charge is 0.329 e. The van der Waals surface area contributed by atoms with Crippen LogP contribution in [0.5, 0.6) is 0 Å². The summed E-state index contributed by atoms with van der Waals surface area (Å²) in [4.78, 5) is 29.1. The van der Waals surface area contributed by atoms with Crippen LogP contribution in [-0.4, -0.2) is 73.7 Å². The molecule has 0 bridgehead atoms. The monoisotopic (exact) mass is 437 g/mol. The Morgan fingerprint density at radius 2 is 1.84 bits per heavy atom. The third-order valence-electron chi connectivity index (χ3n) is 5.84. The molecular weight excluding hydrogens is 402 g/mol. The summed E-state index contributed by atoms with van der Waals surface area (Å²) in [6.07, 6.45) is 3.17. The van der Waals surface area contributed by atoms with Crippen LogP contribution < -0.4 is 4.90 Å². The number of carbonyl (C=O) groups is 2. The lowest BCUT2D eigenvalue weighted by Crippen LogP contribution is -2.44. The summed E-state index contributed by atoms with van der Waals surface area (Å²) in [7, 11) is 3.32. The second-order valence-corrected chi connectivity index (χ2v) is 9.27. The first-order valence-electron chi connectivity index (χ1n) is 11.0. The molecule has 3 rings (SSSR count). The van der Waals surface area contributed by atoms with Gasteiger partial charge in [0.1, 0.15) is 17.4 Å². The Kier molecular flexibility index (Phi) is 7.59. The van der Waals surface area contributed by atoms with Crippen molar-refractivity contribution in [2.75, 3.05) is 38.8 Å². The van der Waals surface area contributed by atoms with Crippen LogP contribution >= 0.6 is 0 Å². The van der Waals surface area contributed by atoms with Gasteiger partial charge in [-0.2, -0.15) is 0 Å². The highest BCUT2D eigenvalue weighted by atomic mass is 16.7. The molecule has 9 heteroatoms. The number of amides is 1. The number of carbonyl (C=O) groups excluding carboxylic acids is 2. The summed E-state index contributed by atoms with van der Waals surface area (Å²) >= 11 is 0. The minimum absolute atomic E-state index is 0.0815. The first-order valence-corrected chi connectivity index (χ1v) is 11.0. The molecule has 1 aromatic heterocycles. The lowest BCUT2D eigenvalue weighted by atomic mass is 9.96. The molecule has 0 aromatic carbocycles. The van der Waals surface area contributed by atoms with Crippen molar-refractivity contribution < 1.29 is 28.3 Å². The van der Waals surface area contributed by atoms with Crippen LogP contribution in [0.2, 0.25) is 0 Å². The Labute approximate surface area is 184 Å². The quantitative estimate of drug-likeness (QED) is 0.474. The number of nitrogens with zero attached hydrogens (tertiary/aromatic N) is 3. The fourth-order valence-electron chi connectivity index (χ4n) is 4.35. The Balaban J connectivity index is 1.55. The van der Waals surface area contributed by atoms with Crippen LogP contribution in [0.25, 0.3) is 0 Å². The second kappa shape index (κ2) is 9.99. The van der Waals surface area contributed by atoms with Gasteiger partial charge in [0.2, 0.25) is 5.91 Å². The van der Waals surface area contributed by atoms with Crippen molar-refractivity contribution in [2.45, 2.75) is 70.8 Å². The van der Waals surface area contributed by atoms with Gasteiger partial charge >= 0.3 is 5.97 Å². The Hall–Kier alpha value is -2.13. The maximum atomic E-state index is 12.9. The Morgan fingerprint density at radius 1 is 1.16 bits per heavy atom. The van der Waals surface area contributed by atoms with Crippen LogP contribution in [0.4, 0.5) is 5.82 Å². The number of likely N-dealkylation sites (tertiary alicyclic amines) is 1. The molecule has 0 N–H and O–H groups in total. The summed E-state index contributed by atoms with van der Waals surface area (Å²) in [6.45, 7) is 7.68. The third-order valence-corrected chi connectivity index (χ3v) is 5.84. The Bertz CT molecular complexity index is 747. The van der Waals surface area contributed by atoms with Crippen molar-refractivity contribution in [3.63, 3.8) is 0 Å². The van der Waals surface area contributed by atoms with Gasteiger partial charge in [0.05, 0.1) is 6.42 Å². The van der Waals surface area contributed by atoms with E-state index in [1.54, 1.807) is 19.1 Å². The minimum Gasteiger partial charge on any atom is -0.458 e. The highest BCUT2D eigenvalue weighted by molar-refractivity contribution is 5.86. The van der Waals surface area contributed by atoms with E-state index in [2.05, 4.69) is 10.1 Å². The maximum absolute atomic E-state index is 12.9. The van der Waals surface area contributed by atoms with E-state index in [4.69, 9.17) is 18.7 Å². The fourth-order valence-corrected chi connectivity index (χ4v) is 4.35. The first kappa shape index (κ1) is 23.5. The lowest BCUT2D eigenvalue weighted by molar-refractivity contribution is -0.163. The van der Waals surface area contributed by atoms with Gasteiger partial charge in [-0.05, 0) is 46.5 Å². The summed E-state index contributed by atoms with van der Waals surface area (Å²) < 4.78 is 21.7. The number of rotatable bonds is 7. The highest BCUT2D eigenvalue weighted by Gasteiger charge is 2.37. The second-order valence-electron chi connectivity index (χ2n) is 9.27. The average Bonchev–Trinajstić information content (AvgIpc) is 3.38. The highest BCUT2D eigenvalue weighted by Crippen LogP contribution is 2.27. The molecule has 0 spiro atoms. The zero-order valence-electron chi connectivity index (χ0n) is 19.3. The van der Waals surface area contributed by atoms with Gasteiger partial charge in [-0.3, -0.25) is 4.79 Å². The molecule has 3 heterocycles. The van der Waals surface area contributed by atoms with Gasteiger partial charge in [-0.1, -0.05) is 5.16 Å². The zero-order chi connectivity index (χ0) is 22.6. The third kappa shape index (κ3) is 5.98. The predicted molar refractivity (Wildman–Crippen MR) is 114 cm³/mol. The standard InChI is InChI=1S/C22H35N3O6/c1-22(2,3)30-20(27)17-7-6-10-25(17)19(26)14-16-13-18(23-31-16)24-11-8-15(9-12-24)21(28-4)29-5/h13,15,17,21H,6-12,14H2,1-5H3. The number of hydrogen-bond acceptors (Lipinski definition) is 8. The SMILES string of the molecule is COC(OC)C1CCN(c2cc(CC(=O)N3CCCC3C(=O)OC(C)(C)C)on2)CC1. The van der Waals surface area contributed by atoms with Crippen molar-refractivity contribution >= 4 is 17.7 Å². The molecule has 2 aliphatic rings. The molecule has 0 aliphatic carbocycles. The first-order chi connectivity index (χ1) is 14.7. The zero-order valence-corrected chi connectivity index (χ0v) is 19.3. The number of aromatic nitrogens is 1. The number of anilines is 1. The van der Waals surface area contributed by atoms with E-state index in [1.807, 2.05) is 26.8 Å². The maximum Gasteiger partial charge on any atom is 0.329 e. The fraction of sp³-hybridized carbons (Fsp3) is 0.773. The molecule has 174 valence electrons. The van der Waals surface area contributed by atoms with E-state index in [0.717, 1.165) is 38.2 Å².